The standard InChI is InChI=1S/C16H15BrFNO3S/c1-11-10-13(4-7-15(11)17)19-16(20)8-9-23(21,22)14-5-2-12(18)3-6-14/h2-7,10H,8-9H2,1H3,(H,19,20). The fraction of sp³-hybridized carbons (Fsp3) is 0.188. The highest BCUT2D eigenvalue weighted by atomic mass is 79.9. The van der Waals surface area contributed by atoms with E-state index >= 15 is 0 Å². The van der Waals surface area contributed by atoms with Crippen LogP contribution >= 0.6 is 15.9 Å². The second-order valence-corrected chi connectivity index (χ2v) is 8.00. The summed E-state index contributed by atoms with van der Waals surface area (Å²) in [5.74, 6) is -1.23. The number of benzene rings is 2. The molecule has 122 valence electrons. The van der Waals surface area contributed by atoms with Crippen LogP contribution in [0.5, 0.6) is 0 Å². The third-order valence-electron chi connectivity index (χ3n) is 3.21. The summed E-state index contributed by atoms with van der Waals surface area (Å²) in [4.78, 5) is 11.9. The maximum absolute atomic E-state index is 12.8. The summed E-state index contributed by atoms with van der Waals surface area (Å²) in [5, 5.41) is 2.66. The zero-order chi connectivity index (χ0) is 17.0. The van der Waals surface area contributed by atoms with E-state index in [1.54, 1.807) is 18.2 Å². The number of halogens is 2. The van der Waals surface area contributed by atoms with Crippen molar-refractivity contribution in [2.45, 2.75) is 18.2 Å². The fourth-order valence-electron chi connectivity index (χ4n) is 1.93. The molecule has 0 aliphatic heterocycles. The normalized spacial score (nSPS) is 11.3. The molecule has 0 bridgehead atoms. The lowest BCUT2D eigenvalue weighted by Gasteiger charge is -2.08. The topological polar surface area (TPSA) is 63.2 Å². The molecule has 0 saturated carbocycles. The van der Waals surface area contributed by atoms with Crippen LogP contribution in [-0.4, -0.2) is 20.1 Å². The smallest absolute Gasteiger partial charge is 0.225 e. The van der Waals surface area contributed by atoms with Gasteiger partial charge in [0.05, 0.1) is 10.6 Å². The molecule has 1 N–H and O–H groups in total. The minimum atomic E-state index is -3.61. The minimum Gasteiger partial charge on any atom is -0.326 e. The van der Waals surface area contributed by atoms with Gasteiger partial charge in [-0.05, 0) is 55.0 Å². The van der Waals surface area contributed by atoms with Crippen molar-refractivity contribution in [1.82, 2.24) is 0 Å². The molecular formula is C16H15BrFNO3S. The van der Waals surface area contributed by atoms with E-state index in [0.717, 1.165) is 22.2 Å². The van der Waals surface area contributed by atoms with Gasteiger partial charge in [-0.2, -0.15) is 0 Å². The quantitative estimate of drug-likeness (QED) is 0.779. The molecule has 2 aromatic carbocycles. The molecule has 2 rings (SSSR count). The first-order chi connectivity index (χ1) is 10.8. The number of hydrogen-bond donors (Lipinski definition) is 1. The molecule has 0 heterocycles. The van der Waals surface area contributed by atoms with Crippen molar-refractivity contribution in [2.24, 2.45) is 0 Å². The number of nitrogens with one attached hydrogen (secondary N) is 1. The average molecular weight is 400 g/mol. The number of hydrogen-bond acceptors (Lipinski definition) is 3. The van der Waals surface area contributed by atoms with Crippen LogP contribution in [0.4, 0.5) is 10.1 Å². The van der Waals surface area contributed by atoms with E-state index in [9.17, 15) is 17.6 Å². The molecular weight excluding hydrogens is 385 g/mol. The summed E-state index contributed by atoms with van der Waals surface area (Å²) in [7, 11) is -3.61. The monoisotopic (exact) mass is 399 g/mol. The lowest BCUT2D eigenvalue weighted by molar-refractivity contribution is -0.115. The second kappa shape index (κ2) is 7.23. The van der Waals surface area contributed by atoms with Crippen molar-refractivity contribution >= 4 is 37.4 Å². The van der Waals surface area contributed by atoms with Crippen LogP contribution in [0.1, 0.15) is 12.0 Å². The summed E-state index contributed by atoms with van der Waals surface area (Å²) in [6, 6.07) is 9.87. The number of rotatable bonds is 5. The van der Waals surface area contributed by atoms with Crippen LogP contribution in [0.15, 0.2) is 51.8 Å². The van der Waals surface area contributed by atoms with Gasteiger partial charge >= 0.3 is 0 Å². The summed E-state index contributed by atoms with van der Waals surface area (Å²) in [5.41, 5.74) is 1.57. The van der Waals surface area contributed by atoms with Gasteiger partial charge < -0.3 is 5.32 Å². The number of aryl methyl sites for hydroxylation is 1. The number of amides is 1. The van der Waals surface area contributed by atoms with Crippen LogP contribution in [0.3, 0.4) is 0 Å². The number of carbonyl (C=O) groups is 1. The molecule has 0 spiro atoms. The Bertz CT molecular complexity index is 820. The molecule has 2 aromatic rings. The summed E-state index contributed by atoms with van der Waals surface area (Å²) >= 11 is 3.36. The van der Waals surface area contributed by atoms with E-state index in [0.29, 0.717) is 5.69 Å². The molecule has 0 aromatic heterocycles. The van der Waals surface area contributed by atoms with E-state index in [2.05, 4.69) is 21.2 Å². The maximum Gasteiger partial charge on any atom is 0.225 e. The Morgan fingerprint density at radius 3 is 2.43 bits per heavy atom. The second-order valence-electron chi connectivity index (χ2n) is 5.03. The van der Waals surface area contributed by atoms with Crippen LogP contribution in [0.25, 0.3) is 0 Å². The first kappa shape index (κ1) is 17.6. The van der Waals surface area contributed by atoms with Gasteiger partial charge in [0.2, 0.25) is 5.91 Å². The maximum atomic E-state index is 12.8. The van der Waals surface area contributed by atoms with E-state index in [1.165, 1.54) is 12.1 Å². The Morgan fingerprint density at radius 2 is 1.83 bits per heavy atom. The minimum absolute atomic E-state index is 0.00573. The van der Waals surface area contributed by atoms with Gasteiger partial charge in [-0.1, -0.05) is 15.9 Å². The molecule has 0 radical (unpaired) electrons. The first-order valence-corrected chi connectivity index (χ1v) is 9.27. The van der Waals surface area contributed by atoms with Crippen molar-refractivity contribution in [2.75, 3.05) is 11.1 Å². The zero-order valence-corrected chi connectivity index (χ0v) is 14.7. The third-order valence-corrected chi connectivity index (χ3v) is 5.83. The molecule has 0 fully saturated rings. The third kappa shape index (κ3) is 4.87. The molecule has 0 unspecified atom stereocenters. The molecule has 0 atom stereocenters. The predicted octanol–water partition coefficient (Wildman–Crippen LogP) is 3.70. The van der Waals surface area contributed by atoms with Crippen molar-refractivity contribution in [1.29, 1.82) is 0 Å². The molecule has 0 saturated heterocycles. The Kier molecular flexibility index (Phi) is 5.54. The van der Waals surface area contributed by atoms with Crippen molar-refractivity contribution < 1.29 is 17.6 Å². The lowest BCUT2D eigenvalue weighted by atomic mass is 10.2. The summed E-state index contributed by atoms with van der Waals surface area (Å²) in [6.45, 7) is 1.89. The average Bonchev–Trinajstić information content (AvgIpc) is 2.50. The van der Waals surface area contributed by atoms with Crippen LogP contribution < -0.4 is 5.32 Å². The van der Waals surface area contributed by atoms with Crippen LogP contribution in [0, 0.1) is 12.7 Å². The first-order valence-electron chi connectivity index (χ1n) is 6.82. The zero-order valence-electron chi connectivity index (χ0n) is 12.3. The highest BCUT2D eigenvalue weighted by Gasteiger charge is 2.16. The predicted molar refractivity (Wildman–Crippen MR) is 90.6 cm³/mol. The molecule has 23 heavy (non-hydrogen) atoms. The highest BCUT2D eigenvalue weighted by Crippen LogP contribution is 2.20. The Morgan fingerprint density at radius 1 is 1.17 bits per heavy atom. The van der Waals surface area contributed by atoms with Gasteiger partial charge in [0, 0.05) is 16.6 Å². The number of anilines is 1. The highest BCUT2D eigenvalue weighted by molar-refractivity contribution is 9.10. The van der Waals surface area contributed by atoms with Gasteiger partial charge in [-0.25, -0.2) is 12.8 Å². The molecule has 1 amide bonds. The van der Waals surface area contributed by atoms with Gasteiger partial charge in [0.15, 0.2) is 9.84 Å². The SMILES string of the molecule is Cc1cc(NC(=O)CCS(=O)(=O)c2ccc(F)cc2)ccc1Br. The van der Waals surface area contributed by atoms with Gasteiger partial charge in [-0.15, -0.1) is 0 Å². The van der Waals surface area contributed by atoms with Gasteiger partial charge in [0.25, 0.3) is 0 Å². The van der Waals surface area contributed by atoms with Gasteiger partial charge in [-0.3, -0.25) is 4.79 Å². The number of carbonyl (C=O) groups excluding carboxylic acids is 1. The Labute approximate surface area is 142 Å². The number of sulfone groups is 1. The van der Waals surface area contributed by atoms with Crippen molar-refractivity contribution in [3.05, 3.63) is 58.3 Å². The largest absolute Gasteiger partial charge is 0.326 e. The van der Waals surface area contributed by atoms with Gasteiger partial charge in [0.1, 0.15) is 5.82 Å². The molecule has 0 aliphatic rings. The lowest BCUT2D eigenvalue weighted by Crippen LogP contribution is -2.17. The molecule has 4 nitrogen and oxygen atoms in total. The van der Waals surface area contributed by atoms with E-state index in [4.69, 9.17) is 0 Å². The van der Waals surface area contributed by atoms with E-state index < -0.39 is 21.6 Å². The molecule has 0 aliphatic carbocycles. The van der Waals surface area contributed by atoms with Crippen LogP contribution in [-0.2, 0) is 14.6 Å². The van der Waals surface area contributed by atoms with Crippen LogP contribution in [0.2, 0.25) is 0 Å². The Hall–Kier alpha value is -1.73. The van der Waals surface area contributed by atoms with Crippen molar-refractivity contribution in [3.63, 3.8) is 0 Å². The summed E-state index contributed by atoms with van der Waals surface area (Å²) < 4.78 is 37.9. The molecule has 7 heteroatoms. The van der Waals surface area contributed by atoms with E-state index in [-0.39, 0.29) is 17.1 Å². The van der Waals surface area contributed by atoms with Crippen molar-refractivity contribution in [3.8, 4) is 0 Å². The summed E-state index contributed by atoms with van der Waals surface area (Å²) in [6.07, 6.45) is -0.172. The fourth-order valence-corrected chi connectivity index (χ4v) is 3.42. The van der Waals surface area contributed by atoms with E-state index in [1.807, 2.05) is 6.92 Å². The Balaban J connectivity index is 1.98.